The summed E-state index contributed by atoms with van der Waals surface area (Å²) in [7, 11) is 1.62. The number of rotatable bonds is 5. The van der Waals surface area contributed by atoms with Crippen LogP contribution in [-0.4, -0.2) is 58.9 Å². The minimum Gasteiger partial charge on any atom is -0.374 e. The maximum atomic E-state index is 12.2. The molecule has 2 aromatic heterocycles. The van der Waals surface area contributed by atoms with Crippen molar-refractivity contribution in [3.63, 3.8) is 0 Å². The summed E-state index contributed by atoms with van der Waals surface area (Å²) in [4.78, 5) is 31.0. The third kappa shape index (κ3) is 4.36. The van der Waals surface area contributed by atoms with E-state index in [1.165, 1.54) is 0 Å². The van der Waals surface area contributed by atoms with Crippen LogP contribution in [0.4, 0.5) is 0 Å². The number of imidazole rings is 1. The summed E-state index contributed by atoms with van der Waals surface area (Å²) in [5.74, 6) is 0.0158. The Balaban J connectivity index is 1.74. The topological polar surface area (TPSA) is 75.9 Å². The maximum absolute atomic E-state index is 12.2. The van der Waals surface area contributed by atoms with E-state index in [0.717, 1.165) is 28.2 Å². The van der Waals surface area contributed by atoms with Crippen molar-refractivity contribution in [1.29, 1.82) is 0 Å². The van der Waals surface area contributed by atoms with Gasteiger partial charge in [0.1, 0.15) is 5.65 Å². The second-order valence-electron chi connectivity index (χ2n) is 7.98. The van der Waals surface area contributed by atoms with Gasteiger partial charge in [-0.2, -0.15) is 0 Å². The molecule has 4 rings (SSSR count). The molecule has 1 aromatic carbocycles. The van der Waals surface area contributed by atoms with Crippen LogP contribution < -0.4 is 5.32 Å². The summed E-state index contributed by atoms with van der Waals surface area (Å²) in [6.45, 7) is 5.56. The first-order valence-corrected chi connectivity index (χ1v) is 11.2. The van der Waals surface area contributed by atoms with Crippen LogP contribution in [0, 0.1) is 6.92 Å². The number of hydrogen-bond donors (Lipinski definition) is 1. The Morgan fingerprint density at radius 2 is 2.09 bits per heavy atom. The molecule has 3 aromatic rings. The molecule has 8 heteroatoms. The quantitative estimate of drug-likeness (QED) is 0.640. The number of benzene rings is 1. The number of pyridine rings is 1. The molecule has 1 atom stereocenters. The molecule has 1 N–H and O–H groups in total. The predicted molar refractivity (Wildman–Crippen MR) is 124 cm³/mol. The van der Waals surface area contributed by atoms with Gasteiger partial charge in [-0.25, -0.2) is 4.98 Å². The van der Waals surface area contributed by atoms with E-state index >= 15 is 0 Å². The molecule has 1 fully saturated rings. The minimum absolute atomic E-state index is 0.126. The van der Waals surface area contributed by atoms with Gasteiger partial charge in [-0.15, -0.1) is 0 Å². The van der Waals surface area contributed by atoms with E-state index in [4.69, 9.17) is 21.3 Å². The van der Waals surface area contributed by atoms with Crippen LogP contribution >= 0.6 is 11.6 Å². The van der Waals surface area contributed by atoms with Crippen molar-refractivity contribution in [2.24, 2.45) is 0 Å². The van der Waals surface area contributed by atoms with Gasteiger partial charge >= 0.3 is 0 Å². The smallest absolute Gasteiger partial charge is 0.251 e. The molecule has 32 heavy (non-hydrogen) atoms. The van der Waals surface area contributed by atoms with Gasteiger partial charge in [0.15, 0.2) is 0 Å². The fraction of sp³-hybridized carbons (Fsp3) is 0.375. The molecular weight excluding hydrogens is 428 g/mol. The van der Waals surface area contributed by atoms with Crippen LogP contribution in [0.25, 0.3) is 16.9 Å². The molecule has 0 unspecified atom stereocenters. The van der Waals surface area contributed by atoms with E-state index in [-0.39, 0.29) is 17.9 Å². The lowest BCUT2D eigenvalue weighted by Crippen LogP contribution is -2.46. The highest BCUT2D eigenvalue weighted by molar-refractivity contribution is 6.30. The van der Waals surface area contributed by atoms with Crippen LogP contribution in [0.3, 0.4) is 0 Å². The highest BCUT2D eigenvalue weighted by Gasteiger charge is 2.27. The van der Waals surface area contributed by atoms with Gasteiger partial charge in [-0.3, -0.25) is 9.59 Å². The second-order valence-corrected chi connectivity index (χ2v) is 8.42. The van der Waals surface area contributed by atoms with Crippen LogP contribution in [-0.2, 0) is 16.0 Å². The number of carbonyl (C=O) groups excluding carboxylic acids is 2. The predicted octanol–water partition coefficient (Wildman–Crippen LogP) is 3.50. The maximum Gasteiger partial charge on any atom is 0.251 e. The molecule has 2 amide bonds. The van der Waals surface area contributed by atoms with Gasteiger partial charge in [0, 0.05) is 61.4 Å². The number of aromatic nitrogens is 2. The fourth-order valence-electron chi connectivity index (χ4n) is 4.20. The number of aryl methyl sites for hydroxylation is 1. The zero-order chi connectivity index (χ0) is 22.8. The highest BCUT2D eigenvalue weighted by Crippen LogP contribution is 2.30. The van der Waals surface area contributed by atoms with Crippen molar-refractivity contribution in [3.05, 3.63) is 58.4 Å². The van der Waals surface area contributed by atoms with Crippen molar-refractivity contribution in [2.45, 2.75) is 32.8 Å². The molecule has 7 nitrogen and oxygen atoms in total. The van der Waals surface area contributed by atoms with E-state index < -0.39 is 0 Å². The average molecular weight is 455 g/mol. The molecule has 1 aliphatic rings. The third-order valence-corrected chi connectivity index (χ3v) is 6.11. The van der Waals surface area contributed by atoms with Gasteiger partial charge in [0.25, 0.3) is 5.91 Å². The van der Waals surface area contributed by atoms with E-state index in [0.29, 0.717) is 43.1 Å². The largest absolute Gasteiger partial charge is 0.374 e. The van der Waals surface area contributed by atoms with E-state index in [2.05, 4.69) is 5.32 Å². The molecule has 0 saturated carbocycles. The zero-order valence-corrected chi connectivity index (χ0v) is 19.3. The molecule has 1 aliphatic heterocycles. The number of fused-ring (bicyclic) bond motifs is 1. The Hall–Kier alpha value is -2.90. The van der Waals surface area contributed by atoms with Crippen LogP contribution in [0.2, 0.25) is 5.02 Å². The Labute approximate surface area is 192 Å². The van der Waals surface area contributed by atoms with E-state index in [9.17, 15) is 9.59 Å². The lowest BCUT2D eigenvalue weighted by molar-refractivity contribution is -0.138. The van der Waals surface area contributed by atoms with Crippen LogP contribution in [0.5, 0.6) is 0 Å². The lowest BCUT2D eigenvalue weighted by Gasteiger charge is -2.33. The van der Waals surface area contributed by atoms with Gasteiger partial charge in [-0.1, -0.05) is 24.6 Å². The Morgan fingerprint density at radius 3 is 2.81 bits per heavy atom. The summed E-state index contributed by atoms with van der Waals surface area (Å²) in [5.41, 5.74) is 5.07. The molecule has 1 saturated heterocycles. The number of morpholine rings is 1. The monoisotopic (exact) mass is 454 g/mol. The number of hydrogen-bond acceptors (Lipinski definition) is 4. The summed E-state index contributed by atoms with van der Waals surface area (Å²) in [6, 6.07) is 9.27. The Morgan fingerprint density at radius 1 is 1.28 bits per heavy atom. The molecule has 168 valence electrons. The summed E-state index contributed by atoms with van der Waals surface area (Å²) < 4.78 is 8.05. The summed E-state index contributed by atoms with van der Waals surface area (Å²) in [5, 5.41) is 3.27. The molecule has 0 radical (unpaired) electrons. The van der Waals surface area contributed by atoms with Gasteiger partial charge < -0.3 is 19.4 Å². The normalized spacial score (nSPS) is 16.4. The van der Waals surface area contributed by atoms with Crippen LogP contribution in [0.1, 0.15) is 35.0 Å². The zero-order valence-electron chi connectivity index (χ0n) is 18.5. The molecule has 3 heterocycles. The van der Waals surface area contributed by atoms with Crippen molar-refractivity contribution in [1.82, 2.24) is 19.6 Å². The average Bonchev–Trinajstić information content (AvgIpc) is 3.14. The number of ether oxygens (including phenoxy) is 1. The van der Waals surface area contributed by atoms with Gasteiger partial charge in [0.2, 0.25) is 5.91 Å². The molecular formula is C24H27ClN4O3. The first-order chi connectivity index (χ1) is 15.4. The number of amides is 2. The van der Waals surface area contributed by atoms with Gasteiger partial charge in [-0.05, 0) is 30.7 Å². The summed E-state index contributed by atoms with van der Waals surface area (Å²) in [6.07, 6.45) is 2.87. The summed E-state index contributed by atoms with van der Waals surface area (Å²) >= 11 is 6.22. The first kappa shape index (κ1) is 22.3. The number of halogens is 1. The second kappa shape index (κ2) is 9.30. The fourth-order valence-corrected chi connectivity index (χ4v) is 4.36. The Bertz CT molecular complexity index is 1170. The standard InChI is InChI=1S/C24H27ClN4O3/c1-4-22(30)28-9-10-32-18(14-28)13-20-23(27-21-12-17(25)7-8-29(20)21)19-6-5-16(11-15(19)2)24(31)26-3/h5-8,11-12,18H,4,9-10,13-14H2,1-3H3,(H,26,31)/t18-/m0/s1. The number of carbonyl (C=O) groups is 2. The van der Waals surface area contributed by atoms with Crippen LogP contribution in [0.15, 0.2) is 36.5 Å². The van der Waals surface area contributed by atoms with Crippen molar-refractivity contribution < 1.29 is 14.3 Å². The molecule has 0 bridgehead atoms. The first-order valence-electron chi connectivity index (χ1n) is 10.8. The Kier molecular flexibility index (Phi) is 6.48. The van der Waals surface area contributed by atoms with Gasteiger partial charge in [0.05, 0.1) is 24.1 Å². The van der Waals surface area contributed by atoms with Crippen molar-refractivity contribution in [3.8, 4) is 11.3 Å². The number of nitrogens with one attached hydrogen (secondary N) is 1. The number of nitrogens with zero attached hydrogens (tertiary/aromatic N) is 3. The van der Waals surface area contributed by atoms with Crippen molar-refractivity contribution >= 4 is 29.1 Å². The third-order valence-electron chi connectivity index (χ3n) is 5.87. The highest BCUT2D eigenvalue weighted by atomic mass is 35.5. The lowest BCUT2D eigenvalue weighted by atomic mass is 9.99. The SMILES string of the molecule is CCC(=O)N1CCO[C@@H](Cc2c(-c3ccc(C(=O)NC)cc3C)nc3cc(Cl)ccn23)C1. The van der Waals surface area contributed by atoms with Crippen molar-refractivity contribution in [2.75, 3.05) is 26.7 Å². The van der Waals surface area contributed by atoms with E-state index in [1.807, 2.05) is 53.6 Å². The molecule has 0 spiro atoms. The minimum atomic E-state index is -0.127. The van der Waals surface area contributed by atoms with E-state index in [1.54, 1.807) is 13.1 Å². The molecule has 0 aliphatic carbocycles.